The Balaban J connectivity index is 2.24. The quantitative estimate of drug-likeness (QED) is 0.892. The molecule has 1 aliphatic heterocycles. The van der Waals surface area contributed by atoms with E-state index in [1.54, 1.807) is 0 Å². The van der Waals surface area contributed by atoms with Crippen molar-refractivity contribution < 1.29 is 4.79 Å². The number of hydrogen-bond donors (Lipinski definition) is 2. The maximum Gasteiger partial charge on any atom is 0.261 e. The van der Waals surface area contributed by atoms with Gasteiger partial charge >= 0.3 is 0 Å². The van der Waals surface area contributed by atoms with Gasteiger partial charge in [0.15, 0.2) is 0 Å². The Hall–Kier alpha value is -1.74. The lowest BCUT2D eigenvalue weighted by atomic mass is 9.87. The molecule has 2 rings (SSSR count). The van der Waals surface area contributed by atoms with Crippen LogP contribution in [0.1, 0.15) is 41.9 Å². The summed E-state index contributed by atoms with van der Waals surface area (Å²) in [4.78, 5) is 13.8. The average molecular weight is 292 g/mol. The standard InChI is InChI=1S/C14H20N4OS/c1-8(2)9-3-5-18(6-4-9)14-10(7-15)11(16)12(20-14)13(17)19/h8-9H,3-6,16H2,1-2H3,(H2,17,19). The first kappa shape index (κ1) is 14.7. The number of piperidine rings is 1. The summed E-state index contributed by atoms with van der Waals surface area (Å²) >= 11 is 1.24. The number of nitrogens with zero attached hydrogens (tertiary/aromatic N) is 2. The lowest BCUT2D eigenvalue weighted by Gasteiger charge is -2.34. The lowest BCUT2D eigenvalue weighted by Crippen LogP contribution is -2.35. The van der Waals surface area contributed by atoms with Crippen LogP contribution >= 0.6 is 11.3 Å². The fraction of sp³-hybridized carbons (Fsp3) is 0.571. The first-order valence-corrected chi connectivity index (χ1v) is 7.64. The van der Waals surface area contributed by atoms with Crippen LogP contribution < -0.4 is 16.4 Å². The number of carbonyl (C=O) groups is 1. The predicted molar refractivity (Wildman–Crippen MR) is 81.7 cm³/mol. The highest BCUT2D eigenvalue weighted by Gasteiger charge is 2.27. The summed E-state index contributed by atoms with van der Waals surface area (Å²) in [5.41, 5.74) is 11.8. The molecule has 0 saturated carbocycles. The van der Waals surface area contributed by atoms with Crippen molar-refractivity contribution in [1.82, 2.24) is 0 Å². The summed E-state index contributed by atoms with van der Waals surface area (Å²) < 4.78 is 0. The molecule has 1 aromatic heterocycles. The minimum atomic E-state index is -0.563. The molecule has 4 N–H and O–H groups in total. The maximum absolute atomic E-state index is 11.4. The summed E-state index contributed by atoms with van der Waals surface area (Å²) in [6.07, 6.45) is 2.21. The zero-order chi connectivity index (χ0) is 14.9. The van der Waals surface area contributed by atoms with Gasteiger partial charge < -0.3 is 16.4 Å². The molecule has 0 aliphatic carbocycles. The molecule has 1 aromatic rings. The summed E-state index contributed by atoms with van der Waals surface area (Å²) in [5, 5.41) is 10.1. The molecule has 20 heavy (non-hydrogen) atoms. The molecular formula is C14H20N4OS. The molecule has 0 radical (unpaired) electrons. The molecule has 1 saturated heterocycles. The summed E-state index contributed by atoms with van der Waals surface area (Å²) in [6, 6.07) is 2.11. The van der Waals surface area contributed by atoms with Crippen LogP contribution in [0.4, 0.5) is 10.7 Å². The second kappa shape index (κ2) is 5.71. The molecule has 0 spiro atoms. The molecule has 0 atom stereocenters. The molecule has 0 bridgehead atoms. The monoisotopic (exact) mass is 292 g/mol. The largest absolute Gasteiger partial charge is 0.396 e. The van der Waals surface area contributed by atoms with Crippen LogP contribution in [0.5, 0.6) is 0 Å². The van der Waals surface area contributed by atoms with Crippen LogP contribution in [0.2, 0.25) is 0 Å². The SMILES string of the molecule is CC(C)C1CCN(c2sc(C(N)=O)c(N)c2C#N)CC1. The van der Waals surface area contributed by atoms with E-state index in [0.29, 0.717) is 16.4 Å². The molecule has 1 amide bonds. The number of nitrogens with two attached hydrogens (primary N) is 2. The van der Waals surface area contributed by atoms with E-state index >= 15 is 0 Å². The Labute approximate surface area is 123 Å². The summed E-state index contributed by atoms with van der Waals surface area (Å²) in [6.45, 7) is 6.29. The number of rotatable bonds is 3. The van der Waals surface area contributed by atoms with Gasteiger partial charge in [-0.2, -0.15) is 5.26 Å². The van der Waals surface area contributed by atoms with Crippen molar-refractivity contribution in [3.8, 4) is 6.07 Å². The van der Waals surface area contributed by atoms with Gasteiger partial charge in [-0.3, -0.25) is 4.79 Å². The van der Waals surface area contributed by atoms with Crippen LogP contribution in [0.3, 0.4) is 0 Å². The number of nitriles is 1. The highest BCUT2D eigenvalue weighted by molar-refractivity contribution is 7.19. The number of amides is 1. The minimum absolute atomic E-state index is 0.228. The van der Waals surface area contributed by atoms with E-state index in [-0.39, 0.29) is 5.69 Å². The zero-order valence-electron chi connectivity index (χ0n) is 11.8. The van der Waals surface area contributed by atoms with E-state index in [1.165, 1.54) is 11.3 Å². The van der Waals surface area contributed by atoms with Crippen molar-refractivity contribution in [3.63, 3.8) is 0 Å². The van der Waals surface area contributed by atoms with Crippen LogP contribution in [-0.2, 0) is 0 Å². The third-order valence-corrected chi connectivity index (χ3v) is 5.31. The zero-order valence-corrected chi connectivity index (χ0v) is 12.7. The van der Waals surface area contributed by atoms with Crippen LogP contribution in [-0.4, -0.2) is 19.0 Å². The van der Waals surface area contributed by atoms with Crippen LogP contribution in [0.25, 0.3) is 0 Å². The molecule has 0 unspecified atom stereocenters. The van der Waals surface area contributed by atoms with Crippen LogP contribution in [0, 0.1) is 23.2 Å². The van der Waals surface area contributed by atoms with Gasteiger partial charge in [0.25, 0.3) is 5.91 Å². The van der Waals surface area contributed by atoms with Gasteiger partial charge in [-0.25, -0.2) is 0 Å². The van der Waals surface area contributed by atoms with Crippen LogP contribution in [0.15, 0.2) is 0 Å². The van der Waals surface area contributed by atoms with E-state index in [0.717, 1.165) is 36.9 Å². The summed E-state index contributed by atoms with van der Waals surface area (Å²) in [7, 11) is 0. The van der Waals surface area contributed by atoms with Crippen molar-refractivity contribution in [2.75, 3.05) is 23.7 Å². The molecule has 0 aromatic carbocycles. The van der Waals surface area contributed by atoms with Crippen molar-refractivity contribution >= 4 is 27.9 Å². The highest BCUT2D eigenvalue weighted by Crippen LogP contribution is 2.39. The fourth-order valence-electron chi connectivity index (χ4n) is 2.71. The minimum Gasteiger partial charge on any atom is -0.396 e. The molecule has 6 heteroatoms. The van der Waals surface area contributed by atoms with Gasteiger partial charge in [0.1, 0.15) is 21.5 Å². The molecule has 1 fully saturated rings. The van der Waals surface area contributed by atoms with Gasteiger partial charge in [-0.15, -0.1) is 11.3 Å². The van der Waals surface area contributed by atoms with Gasteiger partial charge in [-0.05, 0) is 24.7 Å². The van der Waals surface area contributed by atoms with Crippen molar-refractivity contribution in [3.05, 3.63) is 10.4 Å². The predicted octanol–water partition coefficient (Wildman–Crippen LogP) is 2.17. The molecule has 5 nitrogen and oxygen atoms in total. The third-order valence-electron chi connectivity index (χ3n) is 4.03. The number of hydrogen-bond acceptors (Lipinski definition) is 5. The second-order valence-corrected chi connectivity index (χ2v) is 6.57. The Kier molecular flexibility index (Phi) is 4.19. The first-order valence-electron chi connectivity index (χ1n) is 6.82. The molecular weight excluding hydrogens is 272 g/mol. The number of thiophene rings is 1. The topological polar surface area (TPSA) is 96.1 Å². The van der Waals surface area contributed by atoms with Gasteiger partial charge in [0.05, 0.1) is 5.69 Å². The molecule has 1 aliphatic rings. The second-order valence-electron chi connectivity index (χ2n) is 5.57. The Morgan fingerprint density at radius 2 is 2.05 bits per heavy atom. The van der Waals surface area contributed by atoms with E-state index in [9.17, 15) is 10.1 Å². The van der Waals surface area contributed by atoms with Gasteiger partial charge in [0, 0.05) is 13.1 Å². The third kappa shape index (κ3) is 2.59. The number of primary amides is 1. The van der Waals surface area contributed by atoms with Gasteiger partial charge in [0.2, 0.25) is 0 Å². The van der Waals surface area contributed by atoms with E-state index < -0.39 is 5.91 Å². The molecule has 108 valence electrons. The van der Waals surface area contributed by atoms with E-state index in [2.05, 4.69) is 24.8 Å². The maximum atomic E-state index is 11.4. The highest BCUT2D eigenvalue weighted by atomic mass is 32.1. The number of anilines is 2. The van der Waals surface area contributed by atoms with E-state index in [1.807, 2.05) is 0 Å². The normalized spacial score (nSPS) is 16.4. The first-order chi connectivity index (χ1) is 9.45. The summed E-state index contributed by atoms with van der Waals surface area (Å²) in [5.74, 6) is 0.846. The smallest absolute Gasteiger partial charge is 0.261 e. The lowest BCUT2D eigenvalue weighted by molar-refractivity contribution is 0.100. The average Bonchev–Trinajstić information content (AvgIpc) is 2.75. The van der Waals surface area contributed by atoms with Crippen molar-refractivity contribution in [2.45, 2.75) is 26.7 Å². The van der Waals surface area contributed by atoms with Gasteiger partial charge in [-0.1, -0.05) is 13.8 Å². The van der Waals surface area contributed by atoms with Crippen molar-refractivity contribution in [2.24, 2.45) is 17.6 Å². The van der Waals surface area contributed by atoms with Crippen molar-refractivity contribution in [1.29, 1.82) is 5.26 Å². The van der Waals surface area contributed by atoms with E-state index in [4.69, 9.17) is 11.5 Å². The Bertz CT molecular complexity index is 550. The number of nitrogen functional groups attached to an aromatic ring is 1. The Morgan fingerprint density at radius 1 is 1.45 bits per heavy atom. The Morgan fingerprint density at radius 3 is 2.50 bits per heavy atom. The fourth-order valence-corrected chi connectivity index (χ4v) is 3.79. The number of carbonyl (C=O) groups excluding carboxylic acids is 1. The molecule has 2 heterocycles.